The van der Waals surface area contributed by atoms with E-state index in [1.807, 2.05) is 66.2 Å². The van der Waals surface area contributed by atoms with Gasteiger partial charge in [-0.15, -0.1) is 0 Å². The Labute approximate surface area is 150 Å². The van der Waals surface area contributed by atoms with Crippen LogP contribution in [-0.4, -0.2) is 25.2 Å². The number of hydrogen-bond donors (Lipinski definition) is 2. The zero-order chi connectivity index (χ0) is 17.9. The van der Waals surface area contributed by atoms with Gasteiger partial charge in [0, 0.05) is 18.1 Å². The van der Waals surface area contributed by atoms with Crippen molar-refractivity contribution in [3.63, 3.8) is 0 Å². The number of amides is 2. The number of hydrogen-bond acceptors (Lipinski definition) is 3. The molecule has 0 saturated carbocycles. The Bertz CT molecular complexity index is 1040. The summed E-state index contributed by atoms with van der Waals surface area (Å²) < 4.78 is 3.53. The lowest BCUT2D eigenvalue weighted by Crippen LogP contribution is -2.35. The molecule has 0 radical (unpaired) electrons. The molecule has 1 atom stereocenters. The van der Waals surface area contributed by atoms with Crippen molar-refractivity contribution in [2.45, 2.75) is 13.0 Å². The van der Waals surface area contributed by atoms with Gasteiger partial charge >= 0.3 is 6.03 Å². The average molecular weight is 346 g/mol. The quantitative estimate of drug-likeness (QED) is 0.595. The van der Waals surface area contributed by atoms with Crippen molar-refractivity contribution >= 4 is 17.1 Å². The van der Waals surface area contributed by atoms with E-state index in [9.17, 15) is 4.79 Å². The predicted molar refractivity (Wildman–Crippen MR) is 99.6 cm³/mol. The Morgan fingerprint density at radius 2 is 2.00 bits per heavy atom. The Balaban J connectivity index is 1.47. The third kappa shape index (κ3) is 3.14. The maximum atomic E-state index is 12.4. The standard InChI is InChI=1S/C19H18N6O/c1-14(15-5-4-6-16(11-15)24-10-9-20-12-24)22-19(26)23-25-13-21-17-7-2-3-8-18(17)25/h2-14H,1H3,(H2,22,23,26)/t14-/m1/s1. The van der Waals surface area contributed by atoms with Crippen LogP contribution in [0.5, 0.6) is 0 Å². The van der Waals surface area contributed by atoms with Crippen molar-refractivity contribution in [1.82, 2.24) is 24.5 Å². The van der Waals surface area contributed by atoms with Crippen LogP contribution in [0, 0.1) is 0 Å². The summed E-state index contributed by atoms with van der Waals surface area (Å²) >= 11 is 0. The van der Waals surface area contributed by atoms with Gasteiger partial charge in [-0.25, -0.2) is 24.9 Å². The summed E-state index contributed by atoms with van der Waals surface area (Å²) in [4.78, 5) is 20.7. The number of nitrogens with zero attached hydrogens (tertiary/aromatic N) is 4. The summed E-state index contributed by atoms with van der Waals surface area (Å²) in [5.41, 5.74) is 6.47. The van der Waals surface area contributed by atoms with Gasteiger partial charge in [0.1, 0.15) is 6.33 Å². The lowest BCUT2D eigenvalue weighted by molar-refractivity contribution is 0.247. The van der Waals surface area contributed by atoms with Gasteiger partial charge in [0.25, 0.3) is 0 Å². The smallest absolute Gasteiger partial charge is 0.330 e. The first kappa shape index (κ1) is 15.9. The molecule has 0 aliphatic rings. The molecular formula is C19H18N6O. The van der Waals surface area contributed by atoms with Gasteiger partial charge in [-0.05, 0) is 36.8 Å². The van der Waals surface area contributed by atoms with Crippen LogP contribution in [0.15, 0.2) is 73.6 Å². The number of nitrogens with one attached hydrogen (secondary N) is 2. The summed E-state index contributed by atoms with van der Waals surface area (Å²) in [6.45, 7) is 1.94. The van der Waals surface area contributed by atoms with Crippen LogP contribution in [0.2, 0.25) is 0 Å². The monoisotopic (exact) mass is 346 g/mol. The molecule has 0 saturated heterocycles. The van der Waals surface area contributed by atoms with Gasteiger partial charge in [-0.2, -0.15) is 0 Å². The van der Waals surface area contributed by atoms with Crippen LogP contribution in [0.1, 0.15) is 18.5 Å². The second-order valence-corrected chi connectivity index (χ2v) is 5.98. The molecule has 0 aliphatic carbocycles. The summed E-state index contributed by atoms with van der Waals surface area (Å²) in [7, 11) is 0. The molecular weight excluding hydrogens is 328 g/mol. The highest BCUT2D eigenvalue weighted by atomic mass is 16.2. The Morgan fingerprint density at radius 3 is 2.85 bits per heavy atom. The lowest BCUT2D eigenvalue weighted by atomic mass is 10.1. The molecule has 2 aromatic carbocycles. The average Bonchev–Trinajstić information content (AvgIpc) is 3.32. The van der Waals surface area contributed by atoms with Crippen molar-refractivity contribution in [2.24, 2.45) is 0 Å². The number of para-hydroxylation sites is 2. The van der Waals surface area contributed by atoms with E-state index in [1.165, 1.54) is 0 Å². The molecule has 2 amide bonds. The fraction of sp³-hybridized carbons (Fsp3) is 0.105. The third-order valence-corrected chi connectivity index (χ3v) is 4.20. The maximum absolute atomic E-state index is 12.4. The summed E-state index contributed by atoms with van der Waals surface area (Å²) in [6.07, 6.45) is 6.95. The van der Waals surface area contributed by atoms with Gasteiger partial charge in [-0.1, -0.05) is 24.3 Å². The van der Waals surface area contributed by atoms with Crippen LogP contribution in [0.3, 0.4) is 0 Å². The zero-order valence-corrected chi connectivity index (χ0v) is 14.2. The predicted octanol–water partition coefficient (Wildman–Crippen LogP) is 3.24. The fourth-order valence-corrected chi connectivity index (χ4v) is 2.84. The molecule has 0 fully saturated rings. The van der Waals surface area contributed by atoms with Crippen molar-refractivity contribution in [1.29, 1.82) is 0 Å². The third-order valence-electron chi connectivity index (χ3n) is 4.20. The first-order chi connectivity index (χ1) is 12.7. The number of carbonyl (C=O) groups excluding carboxylic acids is 1. The minimum Gasteiger partial charge on any atom is -0.330 e. The number of urea groups is 1. The highest BCUT2D eigenvalue weighted by molar-refractivity contribution is 5.85. The van der Waals surface area contributed by atoms with Crippen molar-refractivity contribution in [2.75, 3.05) is 5.43 Å². The summed E-state index contributed by atoms with van der Waals surface area (Å²) in [6, 6.07) is 15.1. The number of benzene rings is 2. The SMILES string of the molecule is C[C@@H](NC(=O)Nn1cnc2ccccc21)c1cccc(-n2ccnc2)c1. The van der Waals surface area contributed by atoms with Crippen molar-refractivity contribution < 1.29 is 4.79 Å². The van der Waals surface area contributed by atoms with E-state index in [0.717, 1.165) is 22.3 Å². The van der Waals surface area contributed by atoms with E-state index >= 15 is 0 Å². The Kier molecular flexibility index (Phi) is 4.10. The van der Waals surface area contributed by atoms with E-state index in [2.05, 4.69) is 20.7 Å². The minimum atomic E-state index is -0.298. The van der Waals surface area contributed by atoms with Gasteiger partial charge in [0.15, 0.2) is 0 Å². The molecule has 0 bridgehead atoms. The van der Waals surface area contributed by atoms with Crippen LogP contribution in [0.25, 0.3) is 16.7 Å². The molecule has 0 aliphatic heterocycles. The van der Waals surface area contributed by atoms with Crippen LogP contribution in [-0.2, 0) is 0 Å². The molecule has 0 unspecified atom stereocenters. The summed E-state index contributed by atoms with van der Waals surface area (Å²) in [5, 5.41) is 2.95. The largest absolute Gasteiger partial charge is 0.334 e. The highest BCUT2D eigenvalue weighted by Crippen LogP contribution is 2.17. The number of rotatable bonds is 4. The molecule has 7 heteroatoms. The number of imidazole rings is 2. The molecule has 4 aromatic rings. The highest BCUT2D eigenvalue weighted by Gasteiger charge is 2.11. The summed E-state index contributed by atoms with van der Waals surface area (Å²) in [5.74, 6) is 0. The Morgan fingerprint density at radius 1 is 1.12 bits per heavy atom. The second-order valence-electron chi connectivity index (χ2n) is 5.98. The molecule has 0 spiro atoms. The van der Waals surface area contributed by atoms with Crippen LogP contribution in [0.4, 0.5) is 4.79 Å². The zero-order valence-electron chi connectivity index (χ0n) is 14.2. The lowest BCUT2D eigenvalue weighted by Gasteiger charge is -2.16. The van der Waals surface area contributed by atoms with E-state index in [0.29, 0.717) is 0 Å². The van der Waals surface area contributed by atoms with Gasteiger partial charge in [0.2, 0.25) is 0 Å². The van der Waals surface area contributed by atoms with E-state index < -0.39 is 0 Å². The van der Waals surface area contributed by atoms with Gasteiger partial charge in [-0.3, -0.25) is 0 Å². The fourth-order valence-electron chi connectivity index (χ4n) is 2.84. The van der Waals surface area contributed by atoms with Crippen molar-refractivity contribution in [3.8, 4) is 5.69 Å². The molecule has 130 valence electrons. The minimum absolute atomic E-state index is 0.159. The maximum Gasteiger partial charge on any atom is 0.334 e. The second kappa shape index (κ2) is 6.72. The van der Waals surface area contributed by atoms with Gasteiger partial charge in [0.05, 0.1) is 23.4 Å². The number of fused-ring (bicyclic) bond motifs is 1. The normalized spacial score (nSPS) is 12.0. The molecule has 2 aromatic heterocycles. The number of aromatic nitrogens is 4. The van der Waals surface area contributed by atoms with E-state index in [1.54, 1.807) is 23.5 Å². The first-order valence-electron chi connectivity index (χ1n) is 8.28. The molecule has 7 nitrogen and oxygen atoms in total. The molecule has 4 rings (SSSR count). The van der Waals surface area contributed by atoms with Gasteiger partial charge < -0.3 is 9.88 Å². The van der Waals surface area contributed by atoms with Crippen LogP contribution >= 0.6 is 0 Å². The molecule has 2 heterocycles. The topological polar surface area (TPSA) is 76.8 Å². The number of carbonyl (C=O) groups is 1. The van der Waals surface area contributed by atoms with E-state index in [-0.39, 0.29) is 12.1 Å². The Hall–Kier alpha value is -3.61. The first-order valence-corrected chi connectivity index (χ1v) is 8.28. The van der Waals surface area contributed by atoms with Crippen molar-refractivity contribution in [3.05, 3.63) is 79.1 Å². The van der Waals surface area contributed by atoms with E-state index in [4.69, 9.17) is 0 Å². The van der Waals surface area contributed by atoms with Crippen LogP contribution < -0.4 is 10.7 Å². The molecule has 26 heavy (non-hydrogen) atoms. The molecule has 2 N–H and O–H groups in total.